The summed E-state index contributed by atoms with van der Waals surface area (Å²) in [5.41, 5.74) is -0.266. The number of halogens is 3. The van der Waals surface area contributed by atoms with Crippen molar-refractivity contribution in [3.05, 3.63) is 48.3 Å². The third kappa shape index (κ3) is 6.16. The summed E-state index contributed by atoms with van der Waals surface area (Å²) in [5.74, 6) is -0.155. The summed E-state index contributed by atoms with van der Waals surface area (Å²) < 4.78 is 50.0. The van der Waals surface area contributed by atoms with E-state index in [2.05, 4.69) is 22.2 Å². The fourth-order valence-corrected chi connectivity index (χ4v) is 2.09. The number of allylic oxidation sites excluding steroid dienone is 1. The van der Waals surface area contributed by atoms with Crippen molar-refractivity contribution in [3.8, 4) is 0 Å². The zero-order chi connectivity index (χ0) is 18.3. The van der Waals surface area contributed by atoms with Gasteiger partial charge in [0, 0.05) is 17.0 Å². The van der Waals surface area contributed by atoms with Crippen molar-refractivity contribution in [3.63, 3.8) is 0 Å². The molecule has 0 saturated heterocycles. The van der Waals surface area contributed by atoms with Crippen molar-refractivity contribution in [2.45, 2.75) is 33.0 Å². The molecule has 0 aliphatic heterocycles. The van der Waals surface area contributed by atoms with Crippen molar-refractivity contribution in [2.75, 3.05) is 5.32 Å². The summed E-state index contributed by atoms with van der Waals surface area (Å²) in [6.07, 6.45) is -3.56. The number of nitrogens with one attached hydrogen (secondary N) is 2. The van der Waals surface area contributed by atoms with E-state index in [0.29, 0.717) is 11.0 Å². The van der Waals surface area contributed by atoms with E-state index in [1.54, 1.807) is 38.1 Å². The lowest BCUT2D eigenvalue weighted by molar-refractivity contribution is -0.0864. The Morgan fingerprint density at radius 2 is 1.88 bits per heavy atom. The molecule has 0 aliphatic carbocycles. The molecule has 1 aromatic rings. The summed E-state index contributed by atoms with van der Waals surface area (Å²) in [7, 11) is -0.103. The van der Waals surface area contributed by atoms with Crippen LogP contribution in [-0.2, 0) is 4.57 Å². The van der Waals surface area contributed by atoms with Gasteiger partial charge in [-0.1, -0.05) is 12.7 Å². The van der Waals surface area contributed by atoms with E-state index in [4.69, 9.17) is 0 Å². The first-order chi connectivity index (χ1) is 11.2. The number of rotatable bonds is 6. The van der Waals surface area contributed by atoms with Crippen LogP contribution in [0.5, 0.6) is 0 Å². The third-order valence-electron chi connectivity index (χ3n) is 2.77. The summed E-state index contributed by atoms with van der Waals surface area (Å²) >= 11 is 0. The van der Waals surface area contributed by atoms with Crippen molar-refractivity contribution < 1.29 is 17.7 Å². The maximum atomic E-state index is 13.1. The average molecular weight is 357 g/mol. The quantitative estimate of drug-likeness (QED) is 0.451. The maximum absolute atomic E-state index is 13.1. The Morgan fingerprint density at radius 1 is 1.29 bits per heavy atom. The van der Waals surface area contributed by atoms with Crippen LogP contribution < -0.4 is 15.9 Å². The number of alkyl halides is 3. The van der Waals surface area contributed by atoms with E-state index >= 15 is 0 Å². The number of hydrogen-bond donors (Lipinski definition) is 2. The van der Waals surface area contributed by atoms with Crippen LogP contribution >= 0.6 is 8.46 Å². The normalized spacial score (nSPS) is 13.3. The van der Waals surface area contributed by atoms with Gasteiger partial charge in [-0.05, 0) is 45.0 Å². The van der Waals surface area contributed by atoms with Gasteiger partial charge in [0.1, 0.15) is 11.7 Å². The predicted molar refractivity (Wildman–Crippen MR) is 92.0 cm³/mol. The summed E-state index contributed by atoms with van der Waals surface area (Å²) in [5, 5.41) is 6.01. The molecular weight excluding hydrogens is 338 g/mol. The van der Waals surface area contributed by atoms with Gasteiger partial charge in [0.2, 0.25) is 0 Å². The predicted octanol–water partition coefficient (Wildman–Crippen LogP) is 4.39. The molecule has 1 aromatic carbocycles. The first-order valence-electron chi connectivity index (χ1n) is 7.15. The Labute approximate surface area is 140 Å². The van der Waals surface area contributed by atoms with Gasteiger partial charge in [0.05, 0.1) is 5.57 Å². The van der Waals surface area contributed by atoms with Crippen LogP contribution in [0.25, 0.3) is 0 Å². The van der Waals surface area contributed by atoms with Gasteiger partial charge < -0.3 is 10.6 Å². The van der Waals surface area contributed by atoms with Gasteiger partial charge in [0.25, 0.3) is 0 Å². The average Bonchev–Trinajstić information content (AvgIpc) is 2.46. The van der Waals surface area contributed by atoms with Gasteiger partial charge in [-0.25, -0.2) is 0 Å². The lowest BCUT2D eigenvalue weighted by Crippen LogP contribution is -2.34. The molecule has 0 heterocycles. The second-order valence-electron chi connectivity index (χ2n) is 5.14. The van der Waals surface area contributed by atoms with Crippen molar-refractivity contribution in [2.24, 2.45) is 4.99 Å². The summed E-state index contributed by atoms with van der Waals surface area (Å²) in [6, 6.07) is 6.22. The molecule has 24 heavy (non-hydrogen) atoms. The van der Waals surface area contributed by atoms with E-state index in [1.807, 2.05) is 0 Å². The van der Waals surface area contributed by atoms with E-state index < -0.39 is 11.7 Å². The lowest BCUT2D eigenvalue weighted by Gasteiger charge is -2.19. The number of hydrogen-bond acceptors (Lipinski definition) is 3. The van der Waals surface area contributed by atoms with Crippen LogP contribution in [0.1, 0.15) is 20.8 Å². The zero-order valence-corrected chi connectivity index (χ0v) is 14.5. The van der Waals surface area contributed by atoms with Crippen LogP contribution in [0.2, 0.25) is 0 Å². The highest BCUT2D eigenvalue weighted by molar-refractivity contribution is 7.34. The molecule has 0 aromatic heterocycles. The molecule has 0 fully saturated rings. The Hall–Kier alpha value is -2.14. The molecule has 1 rings (SSSR count). The Bertz CT molecular complexity index is 650. The Balaban J connectivity index is 2.94. The molecule has 0 unspecified atom stereocenters. The SMILES string of the molecule is C=C(NC(=NC(C)C)/C(=C\C)C(F)(F)F)Nc1ccc(P=O)cc1. The third-order valence-corrected chi connectivity index (χ3v) is 3.28. The molecule has 8 heteroatoms. The minimum Gasteiger partial charge on any atom is -0.342 e. The molecule has 0 saturated carbocycles. The number of aliphatic imine (C=N–C) groups is 1. The molecule has 4 nitrogen and oxygen atoms in total. The van der Waals surface area contributed by atoms with Crippen LogP contribution in [0.4, 0.5) is 18.9 Å². The van der Waals surface area contributed by atoms with Crippen molar-refractivity contribution in [1.29, 1.82) is 0 Å². The Kier molecular flexibility index (Phi) is 7.17. The molecule has 0 aliphatic rings. The minimum absolute atomic E-state index is 0.103. The Morgan fingerprint density at radius 3 is 2.29 bits per heavy atom. The second kappa shape index (κ2) is 8.64. The molecule has 0 atom stereocenters. The highest BCUT2D eigenvalue weighted by atomic mass is 31.1. The number of anilines is 1. The maximum Gasteiger partial charge on any atom is 0.419 e. The highest BCUT2D eigenvalue weighted by Gasteiger charge is 2.36. The fraction of sp³-hybridized carbons (Fsp3) is 0.312. The van der Waals surface area contributed by atoms with Crippen LogP contribution in [-0.4, -0.2) is 18.1 Å². The minimum atomic E-state index is -4.52. The van der Waals surface area contributed by atoms with Crippen molar-refractivity contribution in [1.82, 2.24) is 5.32 Å². The van der Waals surface area contributed by atoms with Gasteiger partial charge in [-0.2, -0.15) is 13.2 Å². The van der Waals surface area contributed by atoms with Crippen LogP contribution in [0.3, 0.4) is 0 Å². The molecule has 0 bridgehead atoms. The van der Waals surface area contributed by atoms with Gasteiger partial charge >= 0.3 is 6.18 Å². The van der Waals surface area contributed by atoms with E-state index in [0.717, 1.165) is 6.08 Å². The largest absolute Gasteiger partial charge is 0.419 e. The van der Waals surface area contributed by atoms with Gasteiger partial charge in [-0.15, -0.1) is 0 Å². The van der Waals surface area contributed by atoms with Crippen LogP contribution in [0, 0.1) is 0 Å². The van der Waals surface area contributed by atoms with Gasteiger partial charge in [-0.3, -0.25) is 9.56 Å². The highest BCUT2D eigenvalue weighted by Crippen LogP contribution is 2.26. The van der Waals surface area contributed by atoms with E-state index in [9.17, 15) is 17.7 Å². The van der Waals surface area contributed by atoms with E-state index in [1.165, 1.54) is 6.92 Å². The molecular formula is C16H19F3N3OP. The topological polar surface area (TPSA) is 53.5 Å². The summed E-state index contributed by atoms with van der Waals surface area (Å²) in [6.45, 7) is 8.35. The fourth-order valence-electron chi connectivity index (χ4n) is 1.82. The first kappa shape index (κ1) is 19.9. The van der Waals surface area contributed by atoms with Crippen LogP contribution in [0.15, 0.2) is 53.3 Å². The monoisotopic (exact) mass is 357 g/mol. The molecule has 0 amide bonds. The zero-order valence-electron chi connectivity index (χ0n) is 13.6. The number of nitrogens with zero attached hydrogens (tertiary/aromatic N) is 1. The van der Waals surface area contributed by atoms with Crippen molar-refractivity contribution >= 4 is 25.3 Å². The van der Waals surface area contributed by atoms with Gasteiger partial charge in [0.15, 0.2) is 8.46 Å². The molecule has 130 valence electrons. The standard InChI is InChI=1S/C16H19F3N3OP/c1-5-14(16(17,18)19)15(20-10(2)3)22-11(4)21-12-6-8-13(24-23)9-7-12/h5-10,21H,4H2,1-3H3,(H,20,22)/b14-5+. The number of amidine groups is 1. The molecule has 2 N–H and O–H groups in total. The second-order valence-corrected chi connectivity index (χ2v) is 5.84. The molecule has 0 radical (unpaired) electrons. The smallest absolute Gasteiger partial charge is 0.342 e. The molecule has 0 spiro atoms. The lowest BCUT2D eigenvalue weighted by atomic mass is 10.2. The first-order valence-corrected chi connectivity index (χ1v) is 7.96. The number of benzene rings is 1. The summed E-state index contributed by atoms with van der Waals surface area (Å²) in [4.78, 5) is 4.00. The van der Waals surface area contributed by atoms with E-state index in [-0.39, 0.29) is 26.2 Å².